The third-order valence-corrected chi connectivity index (χ3v) is 3.08. The second-order valence-electron chi connectivity index (χ2n) is 4.40. The van der Waals surface area contributed by atoms with Gasteiger partial charge in [0.2, 0.25) is 0 Å². The van der Waals surface area contributed by atoms with E-state index in [0.29, 0.717) is 0 Å². The molecule has 1 aromatic carbocycles. The summed E-state index contributed by atoms with van der Waals surface area (Å²) in [5.41, 5.74) is 0.838. The molecule has 19 heavy (non-hydrogen) atoms. The lowest BCUT2D eigenvalue weighted by molar-refractivity contribution is 0.407. The average Bonchev–Trinajstić information content (AvgIpc) is 2.92. The van der Waals surface area contributed by atoms with Gasteiger partial charge < -0.3 is 19.7 Å². The zero-order valence-corrected chi connectivity index (χ0v) is 11.2. The summed E-state index contributed by atoms with van der Waals surface area (Å²) in [5, 5.41) is 13.2. The van der Waals surface area contributed by atoms with Crippen molar-refractivity contribution >= 4 is 0 Å². The van der Waals surface area contributed by atoms with E-state index in [1.807, 2.05) is 23.8 Å². The van der Waals surface area contributed by atoms with Gasteiger partial charge in [0.15, 0.2) is 0 Å². The van der Waals surface area contributed by atoms with E-state index in [9.17, 15) is 5.11 Å². The second kappa shape index (κ2) is 6.24. The molecule has 0 bridgehead atoms. The van der Waals surface area contributed by atoms with Crippen molar-refractivity contribution in [2.75, 3.05) is 13.7 Å². The minimum Gasteiger partial charge on any atom is -0.508 e. The van der Waals surface area contributed by atoms with E-state index in [4.69, 9.17) is 4.74 Å². The highest BCUT2D eigenvalue weighted by Crippen LogP contribution is 2.28. The molecule has 1 unspecified atom stereocenters. The highest BCUT2D eigenvalue weighted by molar-refractivity contribution is 5.41. The molecule has 1 aromatic heterocycles. The topological polar surface area (TPSA) is 59.3 Å². The summed E-state index contributed by atoms with van der Waals surface area (Å²) >= 11 is 0. The van der Waals surface area contributed by atoms with Gasteiger partial charge in [-0.05, 0) is 25.1 Å². The number of methoxy groups -OCH3 is 1. The molecule has 2 rings (SSSR count). The SMILES string of the molecule is COc1ccc(O)c(C(C)NCCn2ccnc2)c1. The van der Waals surface area contributed by atoms with E-state index in [1.165, 1.54) is 0 Å². The number of ether oxygens (including phenoxy) is 1. The van der Waals surface area contributed by atoms with Crippen LogP contribution in [0.2, 0.25) is 0 Å². The van der Waals surface area contributed by atoms with E-state index < -0.39 is 0 Å². The molecular weight excluding hydrogens is 242 g/mol. The summed E-state index contributed by atoms with van der Waals surface area (Å²) in [7, 11) is 1.62. The molecule has 0 aliphatic heterocycles. The Morgan fingerprint density at radius 2 is 2.32 bits per heavy atom. The third-order valence-electron chi connectivity index (χ3n) is 3.08. The van der Waals surface area contributed by atoms with Crippen LogP contribution >= 0.6 is 0 Å². The van der Waals surface area contributed by atoms with Crippen molar-refractivity contribution in [2.45, 2.75) is 19.5 Å². The number of hydrogen-bond donors (Lipinski definition) is 2. The first-order valence-electron chi connectivity index (χ1n) is 6.26. The van der Waals surface area contributed by atoms with Gasteiger partial charge >= 0.3 is 0 Å². The van der Waals surface area contributed by atoms with E-state index in [2.05, 4.69) is 10.3 Å². The second-order valence-corrected chi connectivity index (χ2v) is 4.40. The van der Waals surface area contributed by atoms with Crippen molar-refractivity contribution in [1.29, 1.82) is 0 Å². The first-order valence-corrected chi connectivity index (χ1v) is 6.26. The largest absolute Gasteiger partial charge is 0.508 e. The average molecular weight is 261 g/mol. The Balaban J connectivity index is 1.93. The normalized spacial score (nSPS) is 12.3. The lowest BCUT2D eigenvalue weighted by Crippen LogP contribution is -2.23. The van der Waals surface area contributed by atoms with Crippen molar-refractivity contribution < 1.29 is 9.84 Å². The van der Waals surface area contributed by atoms with Crippen LogP contribution in [0, 0.1) is 0 Å². The van der Waals surface area contributed by atoms with E-state index in [1.54, 1.807) is 31.8 Å². The van der Waals surface area contributed by atoms with Crippen LogP contribution in [0.3, 0.4) is 0 Å². The molecule has 0 radical (unpaired) electrons. The number of aromatic nitrogens is 2. The van der Waals surface area contributed by atoms with Crippen LogP contribution in [0.25, 0.3) is 0 Å². The fourth-order valence-electron chi connectivity index (χ4n) is 1.95. The first kappa shape index (κ1) is 13.4. The summed E-state index contributed by atoms with van der Waals surface area (Å²) in [5.74, 6) is 1.03. The summed E-state index contributed by atoms with van der Waals surface area (Å²) in [6.45, 7) is 3.66. The number of rotatable bonds is 6. The lowest BCUT2D eigenvalue weighted by atomic mass is 10.1. The zero-order chi connectivity index (χ0) is 13.7. The monoisotopic (exact) mass is 261 g/mol. The van der Waals surface area contributed by atoms with Gasteiger partial charge in [-0.1, -0.05) is 0 Å². The molecule has 0 aliphatic rings. The van der Waals surface area contributed by atoms with Crippen LogP contribution in [0.5, 0.6) is 11.5 Å². The Bertz CT molecular complexity index is 511. The molecule has 1 heterocycles. The number of phenolic OH excluding ortho intramolecular Hbond substituents is 1. The number of benzene rings is 1. The number of aromatic hydroxyl groups is 1. The summed E-state index contributed by atoms with van der Waals surface area (Å²) in [4.78, 5) is 3.99. The first-order chi connectivity index (χ1) is 9.20. The third kappa shape index (κ3) is 3.48. The van der Waals surface area contributed by atoms with Crippen molar-refractivity contribution in [2.24, 2.45) is 0 Å². The van der Waals surface area contributed by atoms with E-state index in [0.717, 1.165) is 24.4 Å². The van der Waals surface area contributed by atoms with Crippen LogP contribution in [0.4, 0.5) is 0 Å². The number of hydrogen-bond acceptors (Lipinski definition) is 4. The van der Waals surface area contributed by atoms with Gasteiger partial charge in [0.25, 0.3) is 0 Å². The Morgan fingerprint density at radius 1 is 1.47 bits per heavy atom. The molecule has 5 nitrogen and oxygen atoms in total. The molecule has 102 valence electrons. The van der Waals surface area contributed by atoms with Crippen molar-refractivity contribution in [3.8, 4) is 11.5 Å². The van der Waals surface area contributed by atoms with Gasteiger partial charge in [-0.25, -0.2) is 4.98 Å². The van der Waals surface area contributed by atoms with Crippen molar-refractivity contribution in [3.05, 3.63) is 42.5 Å². The van der Waals surface area contributed by atoms with Gasteiger partial charge in [0.1, 0.15) is 11.5 Å². The Labute approximate surface area is 112 Å². The maximum absolute atomic E-state index is 9.87. The molecule has 0 saturated heterocycles. The standard InChI is InChI=1S/C14H19N3O2/c1-11(16-6-8-17-7-5-15-10-17)13-9-12(19-2)3-4-14(13)18/h3-5,7,9-11,16,18H,6,8H2,1-2H3. The molecular formula is C14H19N3O2. The maximum Gasteiger partial charge on any atom is 0.120 e. The van der Waals surface area contributed by atoms with Gasteiger partial charge in [0, 0.05) is 37.1 Å². The molecule has 1 atom stereocenters. The van der Waals surface area contributed by atoms with E-state index in [-0.39, 0.29) is 11.8 Å². The highest BCUT2D eigenvalue weighted by Gasteiger charge is 2.10. The Morgan fingerprint density at radius 3 is 3.00 bits per heavy atom. The van der Waals surface area contributed by atoms with Gasteiger partial charge in [-0.2, -0.15) is 0 Å². The molecule has 2 N–H and O–H groups in total. The van der Waals surface area contributed by atoms with Crippen LogP contribution < -0.4 is 10.1 Å². The quantitative estimate of drug-likeness (QED) is 0.834. The minimum absolute atomic E-state index is 0.0543. The highest BCUT2D eigenvalue weighted by atomic mass is 16.5. The van der Waals surface area contributed by atoms with Crippen LogP contribution in [0.1, 0.15) is 18.5 Å². The molecule has 2 aromatic rings. The lowest BCUT2D eigenvalue weighted by Gasteiger charge is -2.16. The van der Waals surface area contributed by atoms with Crippen molar-refractivity contribution in [3.63, 3.8) is 0 Å². The Hall–Kier alpha value is -2.01. The fraction of sp³-hybridized carbons (Fsp3) is 0.357. The Kier molecular flexibility index (Phi) is 4.41. The minimum atomic E-state index is 0.0543. The molecule has 0 fully saturated rings. The molecule has 0 spiro atoms. The molecule has 5 heteroatoms. The fourth-order valence-corrected chi connectivity index (χ4v) is 1.95. The van der Waals surface area contributed by atoms with E-state index >= 15 is 0 Å². The molecule has 0 aliphatic carbocycles. The van der Waals surface area contributed by atoms with Gasteiger partial charge in [-0.3, -0.25) is 0 Å². The predicted molar refractivity (Wildman–Crippen MR) is 73.3 cm³/mol. The van der Waals surface area contributed by atoms with Crippen molar-refractivity contribution in [1.82, 2.24) is 14.9 Å². The van der Waals surface area contributed by atoms with Crippen LogP contribution in [0.15, 0.2) is 36.9 Å². The van der Waals surface area contributed by atoms with Gasteiger partial charge in [-0.15, -0.1) is 0 Å². The zero-order valence-electron chi connectivity index (χ0n) is 11.2. The molecule has 0 amide bonds. The summed E-state index contributed by atoms with van der Waals surface area (Å²) in [6, 6.07) is 5.31. The van der Waals surface area contributed by atoms with Crippen LogP contribution in [-0.2, 0) is 6.54 Å². The van der Waals surface area contributed by atoms with Gasteiger partial charge in [0.05, 0.1) is 13.4 Å². The number of phenols is 1. The van der Waals surface area contributed by atoms with Crippen LogP contribution in [-0.4, -0.2) is 28.3 Å². The number of nitrogens with zero attached hydrogens (tertiary/aromatic N) is 2. The molecule has 0 saturated carbocycles. The number of nitrogens with one attached hydrogen (secondary N) is 1. The predicted octanol–water partition coefficient (Wildman–Crippen LogP) is 1.95. The summed E-state index contributed by atoms with van der Waals surface area (Å²) < 4.78 is 7.18. The number of imidazole rings is 1. The smallest absolute Gasteiger partial charge is 0.120 e. The summed E-state index contributed by atoms with van der Waals surface area (Å²) in [6.07, 6.45) is 5.47. The maximum atomic E-state index is 9.87.